The smallest absolute Gasteiger partial charge is 0.208 e. The van der Waals surface area contributed by atoms with Crippen LogP contribution in [0.5, 0.6) is 5.75 Å². The van der Waals surface area contributed by atoms with Crippen LogP contribution in [0.15, 0.2) is 18.2 Å². The van der Waals surface area contributed by atoms with Gasteiger partial charge in [0.25, 0.3) is 0 Å². The van der Waals surface area contributed by atoms with Gasteiger partial charge in [0.2, 0.25) is 10.0 Å². The minimum absolute atomic E-state index is 0.427. The monoisotopic (exact) mass is 284 g/mol. The van der Waals surface area contributed by atoms with Gasteiger partial charge in [0.15, 0.2) is 0 Å². The molecule has 0 radical (unpaired) electrons. The summed E-state index contributed by atoms with van der Waals surface area (Å²) in [7, 11) is -3.07. The standard InChI is InChI=1S/C13H20N2O3S/c1-19(16,17)15-8-7-14-6-4-11-2-3-13-12(10-11)5-9-18-13/h2-3,10,14-15H,4-9H2,1H3. The third kappa shape index (κ3) is 4.81. The van der Waals surface area contributed by atoms with Crippen molar-refractivity contribution in [3.63, 3.8) is 0 Å². The first-order valence-electron chi connectivity index (χ1n) is 6.44. The third-order valence-corrected chi connectivity index (χ3v) is 3.74. The van der Waals surface area contributed by atoms with Crippen molar-refractivity contribution >= 4 is 10.0 Å². The van der Waals surface area contributed by atoms with Crippen LogP contribution in [0.2, 0.25) is 0 Å². The quantitative estimate of drug-likeness (QED) is 0.707. The molecule has 0 spiro atoms. The second-order valence-corrected chi connectivity index (χ2v) is 6.54. The van der Waals surface area contributed by atoms with E-state index < -0.39 is 10.0 Å². The highest BCUT2D eigenvalue weighted by Gasteiger charge is 2.11. The van der Waals surface area contributed by atoms with Crippen LogP contribution in [0, 0.1) is 0 Å². The Labute approximate surface area is 114 Å². The van der Waals surface area contributed by atoms with Gasteiger partial charge in [0.1, 0.15) is 5.75 Å². The molecule has 0 aliphatic carbocycles. The summed E-state index contributed by atoms with van der Waals surface area (Å²) in [6, 6.07) is 6.31. The molecule has 0 saturated carbocycles. The van der Waals surface area contributed by atoms with Crippen LogP contribution in [0.25, 0.3) is 0 Å². The van der Waals surface area contributed by atoms with Crippen LogP contribution in [-0.2, 0) is 22.9 Å². The topological polar surface area (TPSA) is 67.4 Å². The molecule has 1 aromatic carbocycles. The first-order chi connectivity index (χ1) is 9.04. The van der Waals surface area contributed by atoms with Crippen molar-refractivity contribution in [2.45, 2.75) is 12.8 Å². The van der Waals surface area contributed by atoms with Gasteiger partial charge in [-0.25, -0.2) is 13.1 Å². The van der Waals surface area contributed by atoms with Gasteiger partial charge in [-0.15, -0.1) is 0 Å². The minimum Gasteiger partial charge on any atom is -0.493 e. The van der Waals surface area contributed by atoms with E-state index in [0.29, 0.717) is 13.1 Å². The molecule has 19 heavy (non-hydrogen) atoms. The summed E-state index contributed by atoms with van der Waals surface area (Å²) >= 11 is 0. The van der Waals surface area contributed by atoms with Gasteiger partial charge >= 0.3 is 0 Å². The Bertz CT molecular complexity index is 529. The van der Waals surface area contributed by atoms with Gasteiger partial charge in [-0.3, -0.25) is 0 Å². The van der Waals surface area contributed by atoms with E-state index in [1.54, 1.807) is 0 Å². The predicted octanol–water partition coefficient (Wildman–Crippen LogP) is 0.303. The lowest BCUT2D eigenvalue weighted by molar-refractivity contribution is 0.357. The molecule has 2 N–H and O–H groups in total. The largest absolute Gasteiger partial charge is 0.493 e. The molecule has 0 bridgehead atoms. The highest BCUT2D eigenvalue weighted by atomic mass is 32.2. The molecule has 0 fully saturated rings. The first kappa shape index (κ1) is 14.3. The van der Waals surface area contributed by atoms with Gasteiger partial charge < -0.3 is 10.1 Å². The molecule has 2 rings (SSSR count). The van der Waals surface area contributed by atoms with Crippen molar-refractivity contribution in [2.24, 2.45) is 0 Å². The van der Waals surface area contributed by atoms with Crippen molar-refractivity contribution in [3.8, 4) is 5.75 Å². The van der Waals surface area contributed by atoms with E-state index in [4.69, 9.17) is 4.74 Å². The molecular weight excluding hydrogens is 264 g/mol. The van der Waals surface area contributed by atoms with E-state index in [0.717, 1.165) is 31.7 Å². The van der Waals surface area contributed by atoms with Crippen molar-refractivity contribution in [1.29, 1.82) is 0 Å². The lowest BCUT2D eigenvalue weighted by atomic mass is 10.1. The summed E-state index contributed by atoms with van der Waals surface area (Å²) in [4.78, 5) is 0. The normalized spacial score (nSPS) is 14.2. The number of rotatable bonds is 7. The summed E-state index contributed by atoms with van der Waals surface area (Å²) in [5.41, 5.74) is 2.57. The minimum atomic E-state index is -3.07. The second kappa shape index (κ2) is 6.36. The van der Waals surface area contributed by atoms with E-state index in [9.17, 15) is 8.42 Å². The molecule has 0 unspecified atom stereocenters. The van der Waals surface area contributed by atoms with E-state index in [1.165, 1.54) is 17.4 Å². The lowest BCUT2D eigenvalue weighted by Crippen LogP contribution is -2.31. The zero-order chi connectivity index (χ0) is 13.7. The Balaban J connectivity index is 1.66. The van der Waals surface area contributed by atoms with E-state index in [-0.39, 0.29) is 0 Å². The Morgan fingerprint density at radius 3 is 2.89 bits per heavy atom. The Kier molecular flexibility index (Phi) is 4.79. The average Bonchev–Trinajstić information content (AvgIpc) is 2.79. The van der Waals surface area contributed by atoms with Crippen LogP contribution in [0.4, 0.5) is 0 Å². The molecular formula is C13H20N2O3S. The number of hydrogen-bond donors (Lipinski definition) is 2. The highest BCUT2D eigenvalue weighted by molar-refractivity contribution is 7.88. The Morgan fingerprint density at radius 2 is 2.11 bits per heavy atom. The predicted molar refractivity (Wildman–Crippen MR) is 75.1 cm³/mol. The fourth-order valence-electron chi connectivity index (χ4n) is 2.08. The van der Waals surface area contributed by atoms with Gasteiger partial charge in [-0.05, 0) is 30.2 Å². The van der Waals surface area contributed by atoms with E-state index in [1.807, 2.05) is 6.07 Å². The van der Waals surface area contributed by atoms with E-state index in [2.05, 4.69) is 22.2 Å². The summed E-state index contributed by atoms with van der Waals surface area (Å²) < 4.78 is 29.6. The van der Waals surface area contributed by atoms with Crippen molar-refractivity contribution < 1.29 is 13.2 Å². The van der Waals surface area contributed by atoms with Crippen LogP contribution < -0.4 is 14.8 Å². The Morgan fingerprint density at radius 1 is 1.26 bits per heavy atom. The zero-order valence-corrected chi connectivity index (χ0v) is 11.9. The summed E-state index contributed by atoms with van der Waals surface area (Å²) in [5, 5.41) is 3.22. The molecule has 0 aromatic heterocycles. The Hall–Kier alpha value is -1.11. The van der Waals surface area contributed by atoms with Crippen molar-refractivity contribution in [3.05, 3.63) is 29.3 Å². The molecule has 1 aliphatic heterocycles. The molecule has 0 amide bonds. The molecule has 1 aliphatic rings. The van der Waals surface area contributed by atoms with Gasteiger partial charge in [-0.2, -0.15) is 0 Å². The summed E-state index contributed by atoms with van der Waals surface area (Å²) in [5.74, 6) is 1.01. The maximum absolute atomic E-state index is 10.8. The number of benzene rings is 1. The number of hydrogen-bond acceptors (Lipinski definition) is 4. The molecule has 1 aromatic rings. The summed E-state index contributed by atoms with van der Waals surface area (Å²) in [6.07, 6.45) is 3.10. The SMILES string of the molecule is CS(=O)(=O)NCCNCCc1ccc2c(c1)CCO2. The number of sulfonamides is 1. The van der Waals surface area contributed by atoms with Gasteiger partial charge in [0.05, 0.1) is 12.9 Å². The van der Waals surface area contributed by atoms with Crippen molar-refractivity contribution in [1.82, 2.24) is 10.0 Å². The molecule has 0 atom stereocenters. The van der Waals surface area contributed by atoms with Gasteiger partial charge in [-0.1, -0.05) is 12.1 Å². The maximum atomic E-state index is 10.8. The second-order valence-electron chi connectivity index (χ2n) is 4.71. The number of ether oxygens (including phenoxy) is 1. The molecule has 1 heterocycles. The highest BCUT2D eigenvalue weighted by Crippen LogP contribution is 2.25. The fourth-order valence-corrected chi connectivity index (χ4v) is 2.55. The molecule has 5 nitrogen and oxygen atoms in total. The number of fused-ring (bicyclic) bond motifs is 1. The molecule has 106 valence electrons. The van der Waals surface area contributed by atoms with E-state index >= 15 is 0 Å². The van der Waals surface area contributed by atoms with Crippen LogP contribution >= 0.6 is 0 Å². The van der Waals surface area contributed by atoms with Crippen molar-refractivity contribution in [2.75, 3.05) is 32.5 Å². The summed E-state index contributed by atoms with van der Waals surface area (Å²) in [6.45, 7) is 2.69. The zero-order valence-electron chi connectivity index (χ0n) is 11.1. The van der Waals surface area contributed by atoms with Gasteiger partial charge in [0, 0.05) is 19.5 Å². The third-order valence-electron chi connectivity index (χ3n) is 3.01. The molecule has 0 saturated heterocycles. The fraction of sp³-hybridized carbons (Fsp3) is 0.538. The van der Waals surface area contributed by atoms with Crippen LogP contribution in [0.1, 0.15) is 11.1 Å². The average molecular weight is 284 g/mol. The maximum Gasteiger partial charge on any atom is 0.208 e. The molecule has 6 heteroatoms. The van der Waals surface area contributed by atoms with Crippen LogP contribution in [0.3, 0.4) is 0 Å². The lowest BCUT2D eigenvalue weighted by Gasteiger charge is -2.06. The number of nitrogens with one attached hydrogen (secondary N) is 2. The first-order valence-corrected chi connectivity index (χ1v) is 8.34. The van der Waals surface area contributed by atoms with Crippen LogP contribution in [-0.4, -0.2) is 40.9 Å².